The van der Waals surface area contributed by atoms with E-state index in [4.69, 9.17) is 18.9 Å². The smallest absolute Gasteiger partial charge is 0.220 e. The van der Waals surface area contributed by atoms with Gasteiger partial charge in [-0.15, -0.1) is 0 Å². The summed E-state index contributed by atoms with van der Waals surface area (Å²) in [7, 11) is 3.19. The second kappa shape index (κ2) is 16.0. The number of carbonyl (C=O) groups excluding carboxylic acids is 2. The minimum Gasteiger partial charge on any atom is -0.493 e. The summed E-state index contributed by atoms with van der Waals surface area (Å²) in [6.07, 6.45) is 1.75. The van der Waals surface area contributed by atoms with Gasteiger partial charge in [-0.1, -0.05) is 66.7 Å². The van der Waals surface area contributed by atoms with Crippen molar-refractivity contribution >= 4 is 11.7 Å². The van der Waals surface area contributed by atoms with Gasteiger partial charge in [0.15, 0.2) is 17.3 Å². The molecule has 4 aromatic rings. The molecular weight excluding hydrogens is 530 g/mol. The predicted octanol–water partition coefficient (Wildman–Crippen LogP) is 6.33. The molecule has 0 saturated carbocycles. The Morgan fingerprint density at radius 3 is 2.05 bits per heavy atom. The van der Waals surface area contributed by atoms with E-state index in [0.29, 0.717) is 36.7 Å². The van der Waals surface area contributed by atoms with Gasteiger partial charge >= 0.3 is 0 Å². The van der Waals surface area contributed by atoms with Gasteiger partial charge in [-0.05, 0) is 65.9 Å². The van der Waals surface area contributed by atoms with Crippen molar-refractivity contribution in [2.75, 3.05) is 20.8 Å². The summed E-state index contributed by atoms with van der Waals surface area (Å²) in [4.78, 5) is 26.2. The van der Waals surface area contributed by atoms with Crippen molar-refractivity contribution in [1.82, 2.24) is 5.32 Å². The molecule has 0 bridgehead atoms. The van der Waals surface area contributed by atoms with Crippen molar-refractivity contribution in [3.63, 3.8) is 0 Å². The fourth-order valence-electron chi connectivity index (χ4n) is 4.46. The Kier molecular flexibility index (Phi) is 11.5. The van der Waals surface area contributed by atoms with Crippen molar-refractivity contribution in [3.05, 3.63) is 120 Å². The lowest BCUT2D eigenvalue weighted by Gasteiger charge is -2.18. The summed E-state index contributed by atoms with van der Waals surface area (Å²) in [6, 6.07) is 31.6. The molecule has 1 amide bonds. The van der Waals surface area contributed by atoms with Crippen LogP contribution in [0.15, 0.2) is 103 Å². The summed E-state index contributed by atoms with van der Waals surface area (Å²) in [6.45, 7) is 0.440. The highest BCUT2D eigenvalue weighted by Gasteiger charge is 2.21. The molecule has 0 fully saturated rings. The number of aryl methyl sites for hydroxylation is 1. The first-order valence-electron chi connectivity index (χ1n) is 14.0. The zero-order valence-corrected chi connectivity index (χ0v) is 24.1. The fourth-order valence-corrected chi connectivity index (χ4v) is 4.46. The van der Waals surface area contributed by atoms with Crippen molar-refractivity contribution in [3.8, 4) is 23.0 Å². The molecule has 0 heterocycles. The topological polar surface area (TPSA) is 83.1 Å². The molecule has 4 aromatic carbocycles. The molecule has 0 aliphatic rings. The van der Waals surface area contributed by atoms with Crippen LogP contribution < -0.4 is 19.5 Å². The summed E-state index contributed by atoms with van der Waals surface area (Å²) in [5, 5.41) is 2.91. The molecular formula is C35H37NO6. The Bertz CT molecular complexity index is 1410. The van der Waals surface area contributed by atoms with Gasteiger partial charge in [0.1, 0.15) is 17.5 Å². The van der Waals surface area contributed by atoms with Crippen LogP contribution in [0.5, 0.6) is 23.0 Å². The summed E-state index contributed by atoms with van der Waals surface area (Å²) in [5.41, 5.74) is 2.87. The molecule has 7 heteroatoms. The molecule has 0 saturated heterocycles. The first-order valence-corrected chi connectivity index (χ1v) is 14.0. The molecule has 0 radical (unpaired) electrons. The van der Waals surface area contributed by atoms with Gasteiger partial charge in [-0.3, -0.25) is 9.59 Å². The van der Waals surface area contributed by atoms with Crippen LogP contribution in [0.25, 0.3) is 0 Å². The first-order chi connectivity index (χ1) is 20.5. The molecule has 0 aromatic heterocycles. The number of para-hydroxylation sites is 1. The van der Waals surface area contributed by atoms with E-state index in [1.54, 1.807) is 14.2 Å². The molecule has 1 N–H and O–H groups in total. The Morgan fingerprint density at radius 2 is 1.36 bits per heavy atom. The minimum absolute atomic E-state index is 0.0876. The van der Waals surface area contributed by atoms with Gasteiger partial charge in [-0.25, -0.2) is 0 Å². The summed E-state index contributed by atoms with van der Waals surface area (Å²) < 4.78 is 22.4. The van der Waals surface area contributed by atoms with Gasteiger partial charge in [0.05, 0.1) is 27.4 Å². The van der Waals surface area contributed by atoms with Crippen LogP contribution in [0.4, 0.5) is 0 Å². The lowest BCUT2D eigenvalue weighted by atomic mass is 10.0. The van der Waals surface area contributed by atoms with Crippen LogP contribution in [-0.2, 0) is 33.8 Å². The number of methoxy groups -OCH3 is 2. The number of ether oxygens (including phenoxy) is 4. The van der Waals surface area contributed by atoms with Crippen LogP contribution in [0.1, 0.15) is 29.5 Å². The third kappa shape index (κ3) is 9.49. The van der Waals surface area contributed by atoms with Crippen LogP contribution in [0.3, 0.4) is 0 Å². The van der Waals surface area contributed by atoms with E-state index in [-0.39, 0.29) is 31.1 Å². The SMILES string of the molecule is COc1ccc(CCCC(=O)NC(COCc2ccccc2)C(=O)Cc2ccc(Oc3ccccc3)cc2)cc1OC. The highest BCUT2D eigenvalue weighted by Crippen LogP contribution is 2.28. The Hall–Kier alpha value is -4.62. The maximum Gasteiger partial charge on any atom is 0.220 e. The van der Waals surface area contributed by atoms with Crippen LogP contribution >= 0.6 is 0 Å². The van der Waals surface area contributed by atoms with Gasteiger partial charge < -0.3 is 24.3 Å². The number of hydrogen-bond donors (Lipinski definition) is 1. The van der Waals surface area contributed by atoms with E-state index >= 15 is 0 Å². The number of nitrogens with one attached hydrogen (secondary N) is 1. The molecule has 218 valence electrons. The van der Waals surface area contributed by atoms with Crippen LogP contribution in [-0.4, -0.2) is 38.6 Å². The van der Waals surface area contributed by atoms with Gasteiger partial charge in [0.25, 0.3) is 0 Å². The van der Waals surface area contributed by atoms with Crippen LogP contribution in [0.2, 0.25) is 0 Å². The van der Waals surface area contributed by atoms with Gasteiger partial charge in [-0.2, -0.15) is 0 Å². The van der Waals surface area contributed by atoms with Crippen LogP contribution in [0, 0.1) is 0 Å². The Morgan fingerprint density at radius 1 is 0.714 bits per heavy atom. The molecule has 1 atom stereocenters. The minimum atomic E-state index is -0.762. The lowest BCUT2D eigenvalue weighted by Crippen LogP contribution is -2.44. The van der Waals surface area contributed by atoms with Crippen molar-refractivity contribution in [2.45, 2.75) is 38.3 Å². The molecule has 4 rings (SSSR count). The normalized spacial score (nSPS) is 11.4. The molecule has 1 unspecified atom stereocenters. The number of rotatable bonds is 16. The second-order valence-corrected chi connectivity index (χ2v) is 9.87. The van der Waals surface area contributed by atoms with E-state index in [1.807, 2.05) is 103 Å². The number of carbonyl (C=O) groups is 2. The van der Waals surface area contributed by atoms with E-state index in [0.717, 1.165) is 22.4 Å². The van der Waals surface area contributed by atoms with E-state index < -0.39 is 6.04 Å². The zero-order valence-electron chi connectivity index (χ0n) is 24.1. The second-order valence-electron chi connectivity index (χ2n) is 9.87. The van der Waals surface area contributed by atoms with E-state index in [2.05, 4.69) is 5.32 Å². The number of amides is 1. The number of hydrogen-bond acceptors (Lipinski definition) is 6. The monoisotopic (exact) mass is 567 g/mol. The first kappa shape index (κ1) is 30.3. The Balaban J connectivity index is 1.33. The third-order valence-corrected chi connectivity index (χ3v) is 6.72. The average Bonchev–Trinajstić information content (AvgIpc) is 3.02. The number of benzene rings is 4. The molecule has 0 spiro atoms. The quantitative estimate of drug-likeness (QED) is 0.170. The predicted molar refractivity (Wildman–Crippen MR) is 162 cm³/mol. The van der Waals surface area contributed by atoms with Gasteiger partial charge in [0, 0.05) is 12.8 Å². The highest BCUT2D eigenvalue weighted by molar-refractivity contribution is 5.90. The van der Waals surface area contributed by atoms with E-state index in [9.17, 15) is 9.59 Å². The van der Waals surface area contributed by atoms with E-state index in [1.165, 1.54) is 0 Å². The van der Waals surface area contributed by atoms with Crippen molar-refractivity contribution in [2.24, 2.45) is 0 Å². The zero-order chi connectivity index (χ0) is 29.6. The number of Topliss-reactive ketones (excluding diaryl/α,β-unsaturated/α-hetero) is 1. The maximum absolute atomic E-state index is 13.3. The summed E-state index contributed by atoms with van der Waals surface area (Å²) >= 11 is 0. The molecule has 7 nitrogen and oxygen atoms in total. The third-order valence-electron chi connectivity index (χ3n) is 6.72. The summed E-state index contributed by atoms with van der Waals surface area (Å²) in [5.74, 6) is 2.43. The molecule has 0 aliphatic heterocycles. The maximum atomic E-state index is 13.3. The molecule has 42 heavy (non-hydrogen) atoms. The fraction of sp³-hybridized carbons (Fsp3) is 0.257. The lowest BCUT2D eigenvalue weighted by molar-refractivity contribution is -0.129. The van der Waals surface area contributed by atoms with Crippen molar-refractivity contribution < 1.29 is 28.5 Å². The van der Waals surface area contributed by atoms with Gasteiger partial charge in [0.2, 0.25) is 5.91 Å². The standard InChI is InChI=1S/C35H37NO6/c1-39-33-21-18-26(23-34(33)40-2)12-9-15-35(38)36-31(25-41-24-28-10-5-3-6-11-28)32(37)22-27-16-19-30(20-17-27)42-29-13-7-4-8-14-29/h3-8,10-11,13-14,16-21,23,31H,9,12,15,22,24-25H2,1-2H3,(H,36,38). The molecule has 0 aliphatic carbocycles. The average molecular weight is 568 g/mol. The number of ketones is 1. The Labute approximate surface area is 247 Å². The van der Waals surface area contributed by atoms with Crippen molar-refractivity contribution in [1.29, 1.82) is 0 Å². The highest BCUT2D eigenvalue weighted by atomic mass is 16.5. The largest absolute Gasteiger partial charge is 0.493 e.